The fourth-order valence-corrected chi connectivity index (χ4v) is 5.02. The number of rotatable bonds is 10. The molecule has 196 valence electrons. The second-order valence-electron chi connectivity index (χ2n) is 10.2. The van der Waals surface area contributed by atoms with E-state index in [-0.39, 0.29) is 24.1 Å². The first-order chi connectivity index (χ1) is 18.6. The van der Waals surface area contributed by atoms with Crippen molar-refractivity contribution in [2.24, 2.45) is 0 Å². The Hall–Kier alpha value is -3.44. The van der Waals surface area contributed by atoms with Gasteiger partial charge in [-0.05, 0) is 58.9 Å². The molecule has 5 rings (SSSR count). The standard InChI is InChI=1S/C34H36O4/c1-25-12-15-29(19-30(25)18-26-13-16-31(35)17-14-26)34-21-32(37-23-28-10-6-3-7-11-28)20-33(38-34)24-36-22-27-8-4-2-5-9-27/h2-17,19,32-35H,18,20-24H2,1H3/t32-,33-,34+/m0/s1. The second-order valence-corrected chi connectivity index (χ2v) is 10.2. The molecule has 3 atom stereocenters. The van der Waals surface area contributed by atoms with Gasteiger partial charge >= 0.3 is 0 Å². The highest BCUT2D eigenvalue weighted by Crippen LogP contribution is 2.35. The maximum absolute atomic E-state index is 9.65. The number of benzene rings is 4. The SMILES string of the molecule is Cc1ccc([C@H]2C[C@@H](OCc3ccccc3)C[C@@H](COCc3ccccc3)O2)cc1Cc1ccc(O)cc1. The van der Waals surface area contributed by atoms with Crippen LogP contribution >= 0.6 is 0 Å². The van der Waals surface area contributed by atoms with E-state index >= 15 is 0 Å². The zero-order chi connectivity index (χ0) is 26.2. The van der Waals surface area contributed by atoms with Crippen LogP contribution in [0.2, 0.25) is 0 Å². The molecule has 1 aliphatic rings. The Balaban J connectivity index is 1.29. The summed E-state index contributed by atoms with van der Waals surface area (Å²) in [6, 6.07) is 34.7. The van der Waals surface area contributed by atoms with E-state index in [0.717, 1.165) is 24.8 Å². The van der Waals surface area contributed by atoms with Crippen molar-refractivity contribution in [1.29, 1.82) is 0 Å². The number of hydrogen-bond acceptors (Lipinski definition) is 4. The highest BCUT2D eigenvalue weighted by molar-refractivity contribution is 5.37. The first-order valence-corrected chi connectivity index (χ1v) is 13.4. The Kier molecular flexibility index (Phi) is 8.87. The lowest BCUT2D eigenvalue weighted by Gasteiger charge is -2.36. The van der Waals surface area contributed by atoms with Crippen molar-refractivity contribution < 1.29 is 19.3 Å². The third kappa shape index (κ3) is 7.32. The third-order valence-corrected chi connectivity index (χ3v) is 7.18. The maximum Gasteiger partial charge on any atom is 0.115 e. The van der Waals surface area contributed by atoms with E-state index in [9.17, 15) is 5.11 Å². The summed E-state index contributed by atoms with van der Waals surface area (Å²) < 4.78 is 19.1. The van der Waals surface area contributed by atoms with Crippen LogP contribution in [0.5, 0.6) is 5.75 Å². The summed E-state index contributed by atoms with van der Waals surface area (Å²) in [6.07, 6.45) is 2.41. The smallest absolute Gasteiger partial charge is 0.115 e. The van der Waals surface area contributed by atoms with Crippen LogP contribution in [-0.4, -0.2) is 23.9 Å². The normalized spacial score (nSPS) is 19.3. The Morgan fingerprint density at radius 1 is 0.763 bits per heavy atom. The van der Waals surface area contributed by atoms with Gasteiger partial charge in [0.1, 0.15) is 5.75 Å². The van der Waals surface area contributed by atoms with Gasteiger partial charge in [0.2, 0.25) is 0 Å². The van der Waals surface area contributed by atoms with Crippen LogP contribution in [-0.2, 0) is 33.8 Å². The van der Waals surface area contributed by atoms with Gasteiger partial charge in [-0.2, -0.15) is 0 Å². The second kappa shape index (κ2) is 12.9. The largest absolute Gasteiger partial charge is 0.508 e. The molecule has 1 fully saturated rings. The van der Waals surface area contributed by atoms with E-state index in [1.807, 2.05) is 48.5 Å². The molecule has 0 bridgehead atoms. The number of hydrogen-bond donors (Lipinski definition) is 1. The van der Waals surface area contributed by atoms with Gasteiger partial charge in [-0.15, -0.1) is 0 Å². The van der Waals surface area contributed by atoms with Crippen molar-refractivity contribution in [2.45, 2.75) is 57.7 Å². The van der Waals surface area contributed by atoms with Crippen LogP contribution in [0.3, 0.4) is 0 Å². The van der Waals surface area contributed by atoms with Crippen molar-refractivity contribution in [3.8, 4) is 5.75 Å². The molecule has 1 aliphatic heterocycles. The van der Waals surface area contributed by atoms with Gasteiger partial charge in [0.15, 0.2) is 0 Å². The molecule has 1 saturated heterocycles. The predicted molar refractivity (Wildman–Crippen MR) is 150 cm³/mol. The molecule has 4 heteroatoms. The lowest BCUT2D eigenvalue weighted by Crippen LogP contribution is -2.35. The fraction of sp³-hybridized carbons (Fsp3) is 0.294. The molecular weight excluding hydrogens is 472 g/mol. The molecule has 0 spiro atoms. The number of phenols is 1. The Bertz CT molecular complexity index is 1270. The molecule has 4 nitrogen and oxygen atoms in total. The molecule has 0 radical (unpaired) electrons. The van der Waals surface area contributed by atoms with Gasteiger partial charge in [-0.25, -0.2) is 0 Å². The molecule has 0 amide bonds. The number of phenolic OH excluding ortho intramolecular Hbond substituents is 1. The van der Waals surface area contributed by atoms with Crippen LogP contribution in [0.25, 0.3) is 0 Å². The Morgan fingerprint density at radius 2 is 1.45 bits per heavy atom. The van der Waals surface area contributed by atoms with E-state index in [2.05, 4.69) is 49.4 Å². The topological polar surface area (TPSA) is 47.9 Å². The molecule has 1 heterocycles. The van der Waals surface area contributed by atoms with Crippen molar-refractivity contribution in [1.82, 2.24) is 0 Å². The Morgan fingerprint density at radius 3 is 2.16 bits per heavy atom. The zero-order valence-corrected chi connectivity index (χ0v) is 22.0. The van der Waals surface area contributed by atoms with Crippen LogP contribution in [0.4, 0.5) is 0 Å². The maximum atomic E-state index is 9.65. The van der Waals surface area contributed by atoms with Gasteiger partial charge in [0.25, 0.3) is 0 Å². The lowest BCUT2D eigenvalue weighted by molar-refractivity contribution is -0.142. The number of ether oxygens (including phenoxy) is 3. The van der Waals surface area contributed by atoms with Crippen LogP contribution < -0.4 is 0 Å². The molecule has 38 heavy (non-hydrogen) atoms. The van der Waals surface area contributed by atoms with Gasteiger partial charge < -0.3 is 19.3 Å². The minimum absolute atomic E-state index is 0.0416. The van der Waals surface area contributed by atoms with Crippen LogP contribution in [0.1, 0.15) is 52.3 Å². The summed E-state index contributed by atoms with van der Waals surface area (Å²) in [7, 11) is 0. The predicted octanol–water partition coefficient (Wildman–Crippen LogP) is 7.31. The van der Waals surface area contributed by atoms with Gasteiger partial charge in [-0.1, -0.05) is 91.0 Å². The van der Waals surface area contributed by atoms with Crippen molar-refractivity contribution in [2.75, 3.05) is 6.61 Å². The summed E-state index contributed by atoms with van der Waals surface area (Å²) in [4.78, 5) is 0. The molecular formula is C34H36O4. The zero-order valence-electron chi connectivity index (χ0n) is 22.0. The molecule has 0 aliphatic carbocycles. The summed E-state index contributed by atoms with van der Waals surface area (Å²) in [6.45, 7) is 3.84. The summed E-state index contributed by atoms with van der Waals surface area (Å²) in [5, 5.41) is 9.65. The lowest BCUT2D eigenvalue weighted by atomic mass is 9.92. The van der Waals surface area contributed by atoms with Crippen molar-refractivity contribution in [3.05, 3.63) is 137 Å². The van der Waals surface area contributed by atoms with Crippen molar-refractivity contribution >= 4 is 0 Å². The molecule has 0 unspecified atom stereocenters. The highest BCUT2D eigenvalue weighted by Gasteiger charge is 2.31. The minimum atomic E-state index is -0.0611. The van der Waals surface area contributed by atoms with Crippen LogP contribution in [0.15, 0.2) is 103 Å². The average molecular weight is 509 g/mol. The van der Waals surface area contributed by atoms with Gasteiger partial charge in [0, 0.05) is 12.8 Å². The minimum Gasteiger partial charge on any atom is -0.508 e. The van der Waals surface area contributed by atoms with Gasteiger partial charge in [0.05, 0.1) is 38.1 Å². The average Bonchev–Trinajstić information content (AvgIpc) is 2.95. The number of aromatic hydroxyl groups is 1. The summed E-state index contributed by atoms with van der Waals surface area (Å²) in [5.41, 5.74) is 7.20. The van der Waals surface area contributed by atoms with E-state index in [1.165, 1.54) is 27.8 Å². The summed E-state index contributed by atoms with van der Waals surface area (Å²) in [5.74, 6) is 0.289. The monoisotopic (exact) mass is 508 g/mol. The quantitative estimate of drug-likeness (QED) is 0.244. The van der Waals surface area contributed by atoms with E-state index in [4.69, 9.17) is 14.2 Å². The Labute approximate surface area is 225 Å². The molecule has 0 saturated carbocycles. The first-order valence-electron chi connectivity index (χ1n) is 13.4. The first kappa shape index (κ1) is 26.2. The van der Waals surface area contributed by atoms with E-state index in [1.54, 1.807) is 12.1 Å². The van der Waals surface area contributed by atoms with Crippen LogP contribution in [0, 0.1) is 6.92 Å². The third-order valence-electron chi connectivity index (χ3n) is 7.18. The molecule has 1 N–H and O–H groups in total. The molecule has 4 aromatic rings. The fourth-order valence-electron chi connectivity index (χ4n) is 5.02. The van der Waals surface area contributed by atoms with Gasteiger partial charge in [-0.3, -0.25) is 0 Å². The van der Waals surface area contributed by atoms with E-state index < -0.39 is 0 Å². The molecule has 4 aromatic carbocycles. The highest BCUT2D eigenvalue weighted by atomic mass is 16.5. The number of aryl methyl sites for hydroxylation is 1. The van der Waals surface area contributed by atoms with Crippen molar-refractivity contribution in [3.63, 3.8) is 0 Å². The molecule has 0 aromatic heterocycles. The summed E-state index contributed by atoms with van der Waals surface area (Å²) >= 11 is 0. The van der Waals surface area contributed by atoms with E-state index in [0.29, 0.717) is 19.8 Å².